The molecule has 0 saturated carbocycles. The minimum atomic E-state index is 0.526. The predicted octanol–water partition coefficient (Wildman–Crippen LogP) is 4.54. The molecule has 1 heterocycles. The van der Waals surface area contributed by atoms with Gasteiger partial charge in [-0.05, 0) is 6.42 Å². The topological polar surface area (TPSA) is 22.1 Å². The highest BCUT2D eigenvalue weighted by atomic mass is 35.5. The van der Waals surface area contributed by atoms with E-state index in [1.807, 2.05) is 0 Å². The van der Waals surface area contributed by atoms with Gasteiger partial charge in [-0.2, -0.15) is 4.98 Å². The molecule has 0 spiro atoms. The lowest BCUT2D eigenvalue weighted by Crippen LogP contribution is -1.96. The molecule has 0 unspecified atom stereocenters. The van der Waals surface area contributed by atoms with Crippen LogP contribution in [-0.2, 0) is 0 Å². The van der Waals surface area contributed by atoms with Crippen molar-refractivity contribution in [3.63, 3.8) is 0 Å². The summed E-state index contributed by atoms with van der Waals surface area (Å²) < 4.78 is 5.46. The summed E-state index contributed by atoms with van der Waals surface area (Å²) in [7, 11) is 0. The minimum absolute atomic E-state index is 0.526. The van der Waals surface area contributed by atoms with Crippen LogP contribution >= 0.6 is 22.9 Å². The molecule has 0 aliphatic rings. The third-order valence-corrected chi connectivity index (χ3v) is 3.25. The number of halogens is 1. The van der Waals surface area contributed by atoms with Crippen LogP contribution in [0.25, 0.3) is 0 Å². The number of aromatic nitrogens is 1. The number of nitrogens with zero attached hydrogens (tertiary/aromatic N) is 1. The van der Waals surface area contributed by atoms with Gasteiger partial charge >= 0.3 is 0 Å². The number of unbranched alkanes of at least 4 members (excludes halogenated alkanes) is 5. The summed E-state index contributed by atoms with van der Waals surface area (Å²) in [6.07, 6.45) is 7.67. The molecule has 15 heavy (non-hydrogen) atoms. The Morgan fingerprint density at radius 3 is 2.67 bits per heavy atom. The third kappa shape index (κ3) is 6.00. The van der Waals surface area contributed by atoms with Gasteiger partial charge in [0.2, 0.25) is 0 Å². The molecule has 1 aromatic heterocycles. The Hall–Kier alpha value is -0.280. The molecule has 1 rings (SSSR count). The molecule has 2 nitrogen and oxygen atoms in total. The molecule has 0 atom stereocenters. The average Bonchev–Trinajstić information content (AvgIpc) is 2.63. The highest BCUT2D eigenvalue weighted by molar-refractivity contribution is 7.11. The zero-order valence-electron chi connectivity index (χ0n) is 9.17. The number of ether oxygens (including phenoxy) is 1. The van der Waals surface area contributed by atoms with E-state index in [2.05, 4.69) is 11.9 Å². The van der Waals surface area contributed by atoms with Gasteiger partial charge in [-0.25, -0.2) is 0 Å². The first-order valence-electron chi connectivity index (χ1n) is 5.56. The number of hydrogen-bond acceptors (Lipinski definition) is 3. The molecule has 86 valence electrons. The van der Waals surface area contributed by atoms with Crippen LogP contribution in [0.1, 0.15) is 45.4 Å². The van der Waals surface area contributed by atoms with E-state index >= 15 is 0 Å². The fourth-order valence-corrected chi connectivity index (χ4v) is 2.16. The fourth-order valence-electron chi connectivity index (χ4n) is 1.35. The molecule has 0 aliphatic carbocycles. The van der Waals surface area contributed by atoms with Gasteiger partial charge < -0.3 is 4.74 Å². The fraction of sp³-hybridized carbons (Fsp3) is 0.727. The molecule has 0 radical (unpaired) electrons. The van der Waals surface area contributed by atoms with E-state index in [9.17, 15) is 0 Å². The molecular weight excluding hydrogens is 230 g/mol. The molecule has 0 amide bonds. The monoisotopic (exact) mass is 247 g/mol. The van der Waals surface area contributed by atoms with Gasteiger partial charge in [0.15, 0.2) is 0 Å². The average molecular weight is 248 g/mol. The second-order valence-electron chi connectivity index (χ2n) is 3.55. The zero-order valence-corrected chi connectivity index (χ0v) is 10.7. The second-order valence-corrected chi connectivity index (χ2v) is 4.76. The van der Waals surface area contributed by atoms with Crippen molar-refractivity contribution in [3.8, 4) is 5.19 Å². The van der Waals surface area contributed by atoms with Gasteiger partial charge in [0.1, 0.15) is 5.15 Å². The van der Waals surface area contributed by atoms with Crippen LogP contribution in [0, 0.1) is 0 Å². The molecule has 1 aromatic rings. The Kier molecular flexibility index (Phi) is 6.77. The van der Waals surface area contributed by atoms with Crippen LogP contribution in [-0.4, -0.2) is 11.6 Å². The zero-order chi connectivity index (χ0) is 10.9. The first-order valence-corrected chi connectivity index (χ1v) is 6.82. The molecule has 0 bridgehead atoms. The number of rotatable bonds is 8. The van der Waals surface area contributed by atoms with Crippen LogP contribution in [0.2, 0.25) is 5.15 Å². The normalized spacial score (nSPS) is 10.5. The third-order valence-electron chi connectivity index (χ3n) is 2.18. The van der Waals surface area contributed by atoms with Crippen LogP contribution in [0.5, 0.6) is 5.19 Å². The van der Waals surface area contributed by atoms with Crippen LogP contribution in [0.15, 0.2) is 5.38 Å². The smallest absolute Gasteiger partial charge is 0.274 e. The molecular formula is C11H18ClNOS. The predicted molar refractivity (Wildman–Crippen MR) is 66.0 cm³/mol. The Balaban J connectivity index is 1.93. The Morgan fingerprint density at radius 1 is 1.27 bits per heavy atom. The van der Waals surface area contributed by atoms with Crippen LogP contribution in [0.3, 0.4) is 0 Å². The largest absolute Gasteiger partial charge is 0.470 e. The molecule has 0 aliphatic heterocycles. The summed E-state index contributed by atoms with van der Waals surface area (Å²) >= 11 is 7.13. The number of hydrogen-bond donors (Lipinski definition) is 0. The highest BCUT2D eigenvalue weighted by Gasteiger charge is 1.99. The van der Waals surface area contributed by atoms with Gasteiger partial charge in [-0.15, -0.1) is 0 Å². The van der Waals surface area contributed by atoms with Gasteiger partial charge in [0, 0.05) is 5.38 Å². The summed E-state index contributed by atoms with van der Waals surface area (Å²) in [6.45, 7) is 2.99. The molecule has 0 fully saturated rings. The van der Waals surface area contributed by atoms with E-state index in [-0.39, 0.29) is 0 Å². The maximum absolute atomic E-state index is 5.68. The lowest BCUT2D eigenvalue weighted by Gasteiger charge is -2.01. The van der Waals surface area contributed by atoms with Crippen molar-refractivity contribution in [1.29, 1.82) is 0 Å². The van der Waals surface area contributed by atoms with Gasteiger partial charge in [-0.1, -0.05) is 62.0 Å². The van der Waals surface area contributed by atoms with Gasteiger partial charge in [-0.3, -0.25) is 0 Å². The quantitative estimate of drug-likeness (QED) is 0.630. The molecule has 0 N–H and O–H groups in total. The van der Waals surface area contributed by atoms with E-state index in [1.54, 1.807) is 5.38 Å². The summed E-state index contributed by atoms with van der Waals surface area (Å²) in [5.41, 5.74) is 0. The lowest BCUT2D eigenvalue weighted by molar-refractivity contribution is 0.303. The van der Waals surface area contributed by atoms with E-state index in [0.29, 0.717) is 10.3 Å². The van der Waals surface area contributed by atoms with E-state index < -0.39 is 0 Å². The second kappa shape index (κ2) is 7.94. The minimum Gasteiger partial charge on any atom is -0.470 e. The summed E-state index contributed by atoms with van der Waals surface area (Å²) in [5.74, 6) is 0. The first-order chi connectivity index (χ1) is 7.33. The van der Waals surface area contributed by atoms with E-state index in [4.69, 9.17) is 16.3 Å². The maximum Gasteiger partial charge on any atom is 0.274 e. The van der Waals surface area contributed by atoms with Crippen molar-refractivity contribution in [3.05, 3.63) is 10.5 Å². The van der Waals surface area contributed by atoms with Crippen molar-refractivity contribution >= 4 is 22.9 Å². The highest BCUT2D eigenvalue weighted by Crippen LogP contribution is 2.21. The summed E-state index contributed by atoms with van der Waals surface area (Å²) in [4.78, 5) is 4.02. The van der Waals surface area contributed by atoms with E-state index in [1.165, 1.54) is 43.4 Å². The molecule has 4 heteroatoms. The van der Waals surface area contributed by atoms with Gasteiger partial charge in [0.05, 0.1) is 6.61 Å². The van der Waals surface area contributed by atoms with Crippen molar-refractivity contribution in [2.24, 2.45) is 0 Å². The van der Waals surface area contributed by atoms with Crippen molar-refractivity contribution < 1.29 is 4.74 Å². The van der Waals surface area contributed by atoms with Crippen LogP contribution in [0.4, 0.5) is 0 Å². The first kappa shape index (κ1) is 12.8. The Morgan fingerprint density at radius 2 is 2.00 bits per heavy atom. The lowest BCUT2D eigenvalue weighted by atomic mass is 10.1. The van der Waals surface area contributed by atoms with Crippen molar-refractivity contribution in [1.82, 2.24) is 4.98 Å². The van der Waals surface area contributed by atoms with E-state index in [0.717, 1.165) is 13.0 Å². The van der Waals surface area contributed by atoms with Crippen LogP contribution < -0.4 is 4.74 Å². The summed E-state index contributed by atoms with van der Waals surface area (Å²) in [6, 6.07) is 0. The molecule has 0 saturated heterocycles. The molecule has 0 aromatic carbocycles. The standard InChI is InChI=1S/C11H18ClNOS/c1-2-3-4-5-6-7-8-14-11-13-10(12)9-15-11/h9H,2-8H2,1H3. The maximum atomic E-state index is 5.68. The number of thiazole rings is 1. The Bertz CT molecular complexity index is 265. The van der Waals surface area contributed by atoms with Crippen molar-refractivity contribution in [2.75, 3.05) is 6.61 Å². The Labute approximate surface area is 101 Å². The van der Waals surface area contributed by atoms with Crippen molar-refractivity contribution in [2.45, 2.75) is 45.4 Å². The van der Waals surface area contributed by atoms with Gasteiger partial charge in [0.25, 0.3) is 5.19 Å². The SMILES string of the molecule is CCCCCCCCOc1nc(Cl)cs1. The summed E-state index contributed by atoms with van der Waals surface area (Å²) in [5, 5.41) is 3.00.